The van der Waals surface area contributed by atoms with Gasteiger partial charge in [0.2, 0.25) is 0 Å². The summed E-state index contributed by atoms with van der Waals surface area (Å²) >= 11 is 0. The van der Waals surface area contributed by atoms with Crippen molar-refractivity contribution in [3.05, 3.63) is 24.6 Å². The van der Waals surface area contributed by atoms with E-state index < -0.39 is 41.8 Å². The highest BCUT2D eigenvalue weighted by Crippen LogP contribution is 2.28. The zero-order valence-corrected chi connectivity index (χ0v) is 22.7. The van der Waals surface area contributed by atoms with Gasteiger partial charge in [-0.2, -0.15) is 0 Å². The summed E-state index contributed by atoms with van der Waals surface area (Å²) in [6.07, 6.45) is 0. The van der Waals surface area contributed by atoms with E-state index in [1.165, 1.54) is 0 Å². The molecule has 0 saturated carbocycles. The summed E-state index contributed by atoms with van der Waals surface area (Å²) in [6, 6.07) is 2.27. The summed E-state index contributed by atoms with van der Waals surface area (Å²) in [6.45, 7) is 30.3. The van der Waals surface area contributed by atoms with Crippen molar-refractivity contribution in [1.29, 1.82) is 0 Å². The van der Waals surface area contributed by atoms with Gasteiger partial charge in [0, 0.05) is 0 Å². The SMILES string of the molecule is C.C.C.C.C=C[Si](C)(C)O[Si](C)(C)CC[Si](C)(C)O[Si](C)(C)O[Si](C)(C)C=C. The molecule has 0 aliphatic heterocycles. The first-order valence-electron chi connectivity index (χ1n) is 8.83. The Bertz CT molecular complexity index is 447. The summed E-state index contributed by atoms with van der Waals surface area (Å²) in [4.78, 5) is 0. The zero-order chi connectivity index (χ0) is 19.4. The van der Waals surface area contributed by atoms with Crippen molar-refractivity contribution < 1.29 is 12.3 Å². The van der Waals surface area contributed by atoms with Gasteiger partial charge in [0.05, 0.1) is 0 Å². The molecular weight excluding hydrogens is 429 g/mol. The minimum absolute atomic E-state index is 0. The molecule has 3 nitrogen and oxygen atoms in total. The standard InChI is InChI=1S/C16H40O3Si5.4CH4/c1-13-20(3,4)17-22(7,8)15-16-23(9,10)19-24(11,12)18-21(5,6)14-2;;;;/h13-14H,1-2,15-16H2,3-12H3;4*1H4. The van der Waals surface area contributed by atoms with Gasteiger partial charge in [0.25, 0.3) is 0 Å². The van der Waals surface area contributed by atoms with Crippen molar-refractivity contribution in [3.8, 4) is 0 Å². The summed E-state index contributed by atoms with van der Waals surface area (Å²) < 4.78 is 19.5. The van der Waals surface area contributed by atoms with Crippen molar-refractivity contribution in [3.63, 3.8) is 0 Å². The van der Waals surface area contributed by atoms with Crippen molar-refractivity contribution in [1.82, 2.24) is 0 Å². The molecular formula is C20H56O3Si5. The lowest BCUT2D eigenvalue weighted by Crippen LogP contribution is -2.52. The van der Waals surface area contributed by atoms with Crippen LogP contribution in [0, 0.1) is 0 Å². The molecule has 0 fully saturated rings. The Balaban J connectivity index is -0.000000441. The zero-order valence-electron chi connectivity index (χ0n) is 17.7. The number of rotatable bonds is 11. The van der Waals surface area contributed by atoms with E-state index in [1.807, 2.05) is 11.4 Å². The van der Waals surface area contributed by atoms with Crippen LogP contribution in [0.2, 0.25) is 77.6 Å². The topological polar surface area (TPSA) is 27.7 Å². The molecule has 0 radical (unpaired) electrons. The predicted molar refractivity (Wildman–Crippen MR) is 148 cm³/mol. The monoisotopic (exact) mass is 484 g/mol. The summed E-state index contributed by atoms with van der Waals surface area (Å²) in [5.41, 5.74) is 4.03. The molecule has 0 amide bonds. The van der Waals surface area contributed by atoms with E-state index in [0.717, 1.165) is 12.1 Å². The fourth-order valence-corrected chi connectivity index (χ4v) is 25.7. The average Bonchev–Trinajstić information content (AvgIpc) is 2.33. The second-order valence-corrected chi connectivity index (χ2v) is 29.9. The third kappa shape index (κ3) is 17.3. The molecule has 0 N–H and O–H groups in total. The first kappa shape index (κ1) is 39.0. The molecule has 8 heteroatoms. The molecule has 0 aromatic carbocycles. The van der Waals surface area contributed by atoms with Gasteiger partial charge in [0.1, 0.15) is 0 Å². The Morgan fingerprint density at radius 3 is 1.14 bits per heavy atom. The van der Waals surface area contributed by atoms with E-state index in [2.05, 4.69) is 78.6 Å². The van der Waals surface area contributed by atoms with Crippen LogP contribution in [-0.2, 0) is 12.3 Å². The molecule has 0 spiro atoms. The smallest absolute Gasteiger partial charge is 0.311 e. The number of hydrogen-bond donors (Lipinski definition) is 0. The first-order chi connectivity index (χ1) is 10.4. The summed E-state index contributed by atoms with van der Waals surface area (Å²) in [5, 5.41) is 0. The minimum atomic E-state index is -2.13. The Hall–Kier alpha value is 0.444. The van der Waals surface area contributed by atoms with Crippen LogP contribution < -0.4 is 0 Å². The van der Waals surface area contributed by atoms with Crippen LogP contribution >= 0.6 is 0 Å². The van der Waals surface area contributed by atoms with Crippen LogP contribution in [0.1, 0.15) is 29.7 Å². The average molecular weight is 485 g/mol. The molecule has 0 heterocycles. The van der Waals surface area contributed by atoms with Crippen molar-refractivity contribution in [2.45, 2.75) is 107 Å². The third-order valence-corrected chi connectivity index (χ3v) is 21.8. The lowest BCUT2D eigenvalue weighted by atomic mass is 10.9. The minimum Gasteiger partial charge on any atom is -0.453 e. The molecule has 0 saturated heterocycles. The summed E-state index contributed by atoms with van der Waals surface area (Å²) in [7, 11) is -9.11. The lowest BCUT2D eigenvalue weighted by Gasteiger charge is -2.39. The Labute approximate surface area is 185 Å². The van der Waals surface area contributed by atoms with E-state index >= 15 is 0 Å². The molecule has 0 bridgehead atoms. The van der Waals surface area contributed by atoms with Crippen molar-refractivity contribution >= 4 is 41.8 Å². The molecule has 0 aromatic rings. The largest absolute Gasteiger partial charge is 0.453 e. The van der Waals surface area contributed by atoms with E-state index in [9.17, 15) is 0 Å². The van der Waals surface area contributed by atoms with Gasteiger partial charge in [-0.3, -0.25) is 0 Å². The van der Waals surface area contributed by atoms with Gasteiger partial charge < -0.3 is 12.3 Å². The van der Waals surface area contributed by atoms with E-state index in [4.69, 9.17) is 12.3 Å². The highest BCUT2D eigenvalue weighted by Gasteiger charge is 2.40. The van der Waals surface area contributed by atoms with Crippen LogP contribution in [0.5, 0.6) is 0 Å². The van der Waals surface area contributed by atoms with E-state index in [0.29, 0.717) is 0 Å². The second-order valence-electron chi connectivity index (χ2n) is 9.34. The van der Waals surface area contributed by atoms with Gasteiger partial charge in [0.15, 0.2) is 33.3 Å². The van der Waals surface area contributed by atoms with Gasteiger partial charge in [-0.1, -0.05) is 41.1 Å². The van der Waals surface area contributed by atoms with Crippen LogP contribution in [0.25, 0.3) is 0 Å². The molecule has 0 aliphatic carbocycles. The normalized spacial score (nSPS) is 12.5. The molecule has 174 valence electrons. The van der Waals surface area contributed by atoms with Crippen LogP contribution in [0.3, 0.4) is 0 Å². The molecule has 0 aliphatic rings. The van der Waals surface area contributed by atoms with Gasteiger partial charge in [-0.25, -0.2) is 0 Å². The van der Waals surface area contributed by atoms with Crippen LogP contribution in [-0.4, -0.2) is 41.8 Å². The van der Waals surface area contributed by atoms with E-state index in [-0.39, 0.29) is 29.7 Å². The maximum absolute atomic E-state index is 6.62. The Kier molecular flexibility index (Phi) is 19.1. The highest BCUT2D eigenvalue weighted by atomic mass is 28.5. The maximum atomic E-state index is 6.62. The fourth-order valence-electron chi connectivity index (χ4n) is 2.82. The van der Waals surface area contributed by atoms with Crippen LogP contribution in [0.15, 0.2) is 24.6 Å². The quantitative estimate of drug-likeness (QED) is 0.275. The van der Waals surface area contributed by atoms with Gasteiger partial charge in [-0.15, -0.1) is 13.2 Å². The molecule has 0 rings (SSSR count). The second kappa shape index (κ2) is 13.7. The third-order valence-electron chi connectivity index (χ3n) is 3.88. The first-order valence-corrected chi connectivity index (χ1v) is 23.8. The Morgan fingerprint density at radius 2 is 0.821 bits per heavy atom. The highest BCUT2D eigenvalue weighted by molar-refractivity contribution is 6.91. The predicted octanol–water partition coefficient (Wildman–Crippen LogP) is 8.55. The molecule has 0 aromatic heterocycles. The fraction of sp³-hybridized carbons (Fsp3) is 0.800. The Morgan fingerprint density at radius 1 is 0.536 bits per heavy atom. The molecule has 0 unspecified atom stereocenters. The van der Waals surface area contributed by atoms with Crippen molar-refractivity contribution in [2.75, 3.05) is 0 Å². The van der Waals surface area contributed by atoms with Crippen molar-refractivity contribution in [2.24, 2.45) is 0 Å². The van der Waals surface area contributed by atoms with Gasteiger partial charge in [-0.05, 0) is 77.6 Å². The van der Waals surface area contributed by atoms with Gasteiger partial charge >= 0.3 is 8.56 Å². The van der Waals surface area contributed by atoms with Crippen LogP contribution in [0.4, 0.5) is 0 Å². The molecule has 0 atom stereocenters. The molecule has 28 heavy (non-hydrogen) atoms. The maximum Gasteiger partial charge on any atom is 0.311 e. The lowest BCUT2D eigenvalue weighted by molar-refractivity contribution is 0.394. The van der Waals surface area contributed by atoms with E-state index in [1.54, 1.807) is 0 Å². The number of hydrogen-bond acceptors (Lipinski definition) is 3. The summed E-state index contributed by atoms with van der Waals surface area (Å²) in [5.74, 6) is 0.